The number of hydrogen-bond donors (Lipinski definition) is 3. The van der Waals surface area contributed by atoms with Gasteiger partial charge in [-0.15, -0.1) is 0 Å². The summed E-state index contributed by atoms with van der Waals surface area (Å²) in [7, 11) is 3.45. The number of hydrogen-bond acceptors (Lipinski definition) is 3. The van der Waals surface area contributed by atoms with Gasteiger partial charge in [-0.05, 0) is 51.0 Å². The maximum atomic E-state index is 13.1. The molecule has 1 saturated heterocycles. The lowest BCUT2D eigenvalue weighted by atomic mass is 10.0. The monoisotopic (exact) mass is 435 g/mol. The number of amides is 4. The first-order valence-corrected chi connectivity index (χ1v) is 10.8. The Morgan fingerprint density at radius 3 is 2.69 bits per heavy atom. The molecule has 1 atom stereocenters. The van der Waals surface area contributed by atoms with Gasteiger partial charge in [-0.1, -0.05) is 11.6 Å². The van der Waals surface area contributed by atoms with Crippen molar-refractivity contribution < 1.29 is 14.4 Å². The lowest BCUT2D eigenvalue weighted by Gasteiger charge is -2.21. The summed E-state index contributed by atoms with van der Waals surface area (Å²) in [6, 6.07) is 5.72. The molecule has 1 fully saturated rings. The molecule has 0 aliphatic carbocycles. The maximum Gasteiger partial charge on any atom is 0.319 e. The lowest BCUT2D eigenvalue weighted by Crippen LogP contribution is -2.41. The minimum absolute atomic E-state index is 0.0463. The summed E-state index contributed by atoms with van der Waals surface area (Å²) in [5.41, 5.74) is 6.17. The number of anilines is 1. The predicted octanol–water partition coefficient (Wildman–Crippen LogP) is 2.92. The van der Waals surface area contributed by atoms with Crippen LogP contribution in [0, 0.1) is 20.8 Å². The smallest absolute Gasteiger partial charge is 0.319 e. The van der Waals surface area contributed by atoms with Gasteiger partial charge in [-0.25, -0.2) is 4.79 Å². The number of likely N-dealkylation sites (tertiary alicyclic amines) is 1. The van der Waals surface area contributed by atoms with Crippen LogP contribution >= 0.6 is 0 Å². The van der Waals surface area contributed by atoms with Gasteiger partial charge in [0.15, 0.2) is 0 Å². The van der Waals surface area contributed by atoms with Crippen LogP contribution in [-0.4, -0.2) is 65.9 Å². The highest BCUT2D eigenvalue weighted by Crippen LogP contribution is 2.34. The molecular weight excluding hydrogens is 406 g/mol. The number of carbonyl (C=O) groups excluding carboxylic acids is 3. The van der Waals surface area contributed by atoms with Crippen LogP contribution in [0.25, 0.3) is 11.6 Å². The summed E-state index contributed by atoms with van der Waals surface area (Å²) in [4.78, 5) is 44.3. The van der Waals surface area contributed by atoms with Gasteiger partial charge in [0.25, 0.3) is 11.8 Å². The number of benzene rings is 1. The molecule has 3 heterocycles. The summed E-state index contributed by atoms with van der Waals surface area (Å²) in [6.07, 6.45) is 2.54. The molecule has 2 aliphatic rings. The molecule has 1 aromatic carbocycles. The number of H-pyrrole nitrogens is 1. The van der Waals surface area contributed by atoms with E-state index in [1.54, 1.807) is 23.9 Å². The van der Waals surface area contributed by atoms with Gasteiger partial charge in [-0.2, -0.15) is 0 Å². The van der Waals surface area contributed by atoms with E-state index in [0.29, 0.717) is 24.2 Å². The van der Waals surface area contributed by atoms with Crippen molar-refractivity contribution in [1.29, 1.82) is 0 Å². The van der Waals surface area contributed by atoms with Crippen molar-refractivity contribution in [3.8, 4) is 0 Å². The molecule has 1 unspecified atom stereocenters. The van der Waals surface area contributed by atoms with Crippen LogP contribution < -0.4 is 10.6 Å². The van der Waals surface area contributed by atoms with Crippen molar-refractivity contribution >= 4 is 35.2 Å². The number of aromatic nitrogens is 1. The molecule has 1 aromatic heterocycles. The largest absolute Gasteiger partial charge is 0.358 e. The molecule has 8 nitrogen and oxygen atoms in total. The van der Waals surface area contributed by atoms with E-state index in [0.717, 1.165) is 40.2 Å². The second kappa shape index (κ2) is 8.18. The Balaban J connectivity index is 1.55. The summed E-state index contributed by atoms with van der Waals surface area (Å²) in [6.45, 7) is 6.85. The molecule has 3 N–H and O–H groups in total. The van der Waals surface area contributed by atoms with Crippen molar-refractivity contribution in [3.63, 3.8) is 0 Å². The fourth-order valence-corrected chi connectivity index (χ4v) is 4.44. The van der Waals surface area contributed by atoms with Gasteiger partial charge in [0.2, 0.25) is 0 Å². The second-order valence-corrected chi connectivity index (χ2v) is 8.81. The van der Waals surface area contributed by atoms with Crippen molar-refractivity contribution in [2.45, 2.75) is 33.2 Å². The molecule has 0 spiro atoms. The summed E-state index contributed by atoms with van der Waals surface area (Å²) in [5, 5.41) is 5.96. The number of aromatic amines is 1. The van der Waals surface area contributed by atoms with E-state index in [-0.39, 0.29) is 23.9 Å². The fraction of sp³-hybridized carbons (Fsp3) is 0.375. The standard InChI is InChI=1S/C24H29N5O3/c1-13-6-7-19-17(10-13)18(22(30)27-19)11-20-14(2)21(15(3)25-20)23(31)26-16-8-9-29(12-16)24(32)28(4)5/h6-7,10-11,16,25H,8-9,12H2,1-5H3,(H,26,31)(H,27,30)/b18-11-. The third-order valence-corrected chi connectivity index (χ3v) is 6.13. The average molecular weight is 436 g/mol. The Kier molecular flexibility index (Phi) is 5.54. The topological polar surface area (TPSA) is 97.5 Å². The van der Waals surface area contributed by atoms with Crippen molar-refractivity contribution in [2.75, 3.05) is 32.5 Å². The Morgan fingerprint density at radius 2 is 1.97 bits per heavy atom. The van der Waals surface area contributed by atoms with Crippen LogP contribution in [0.15, 0.2) is 18.2 Å². The minimum Gasteiger partial charge on any atom is -0.358 e. The van der Waals surface area contributed by atoms with E-state index < -0.39 is 0 Å². The van der Waals surface area contributed by atoms with E-state index >= 15 is 0 Å². The molecule has 4 rings (SSSR count). The zero-order chi connectivity index (χ0) is 23.2. The SMILES string of the molecule is Cc1ccc2c(c1)/C(=C/c1[nH]c(C)c(C(=O)NC3CCN(C(=O)N(C)C)C3)c1C)C(=O)N2. The van der Waals surface area contributed by atoms with Gasteiger partial charge in [0, 0.05) is 55.9 Å². The number of aryl methyl sites for hydroxylation is 2. The fourth-order valence-electron chi connectivity index (χ4n) is 4.44. The van der Waals surface area contributed by atoms with Crippen molar-refractivity contribution in [3.05, 3.63) is 51.8 Å². The normalized spacial score (nSPS) is 18.7. The molecule has 0 radical (unpaired) electrons. The zero-order valence-electron chi connectivity index (χ0n) is 19.1. The average Bonchev–Trinajstić information content (AvgIpc) is 3.38. The van der Waals surface area contributed by atoms with Crippen LogP contribution in [-0.2, 0) is 4.79 Å². The van der Waals surface area contributed by atoms with Gasteiger partial charge in [-0.3, -0.25) is 9.59 Å². The third-order valence-electron chi connectivity index (χ3n) is 6.13. The highest BCUT2D eigenvalue weighted by molar-refractivity contribution is 6.35. The molecule has 2 aliphatic heterocycles. The summed E-state index contributed by atoms with van der Waals surface area (Å²) in [5.74, 6) is -0.322. The van der Waals surface area contributed by atoms with Crippen LogP contribution in [0.1, 0.15) is 44.9 Å². The molecule has 0 bridgehead atoms. The first-order chi connectivity index (χ1) is 15.2. The Morgan fingerprint density at radius 1 is 1.22 bits per heavy atom. The molecule has 32 heavy (non-hydrogen) atoms. The first-order valence-electron chi connectivity index (χ1n) is 10.8. The Labute approximate surface area is 187 Å². The highest BCUT2D eigenvalue weighted by Gasteiger charge is 2.30. The predicted molar refractivity (Wildman–Crippen MR) is 124 cm³/mol. The molecule has 4 amide bonds. The van der Waals surface area contributed by atoms with Gasteiger partial charge >= 0.3 is 6.03 Å². The molecule has 8 heteroatoms. The number of rotatable bonds is 3. The number of nitrogens with zero attached hydrogens (tertiary/aromatic N) is 2. The molecule has 2 aromatic rings. The van der Waals surface area contributed by atoms with Crippen LogP contribution in [0.3, 0.4) is 0 Å². The van der Waals surface area contributed by atoms with E-state index in [4.69, 9.17) is 0 Å². The van der Waals surface area contributed by atoms with E-state index in [1.165, 1.54) is 0 Å². The summed E-state index contributed by atoms with van der Waals surface area (Å²) >= 11 is 0. The van der Waals surface area contributed by atoms with Crippen LogP contribution in [0.4, 0.5) is 10.5 Å². The number of fused-ring (bicyclic) bond motifs is 1. The number of carbonyl (C=O) groups is 3. The molecule has 168 valence electrons. The molecule has 0 saturated carbocycles. The van der Waals surface area contributed by atoms with Gasteiger partial charge in [0.1, 0.15) is 0 Å². The van der Waals surface area contributed by atoms with Crippen molar-refractivity contribution in [1.82, 2.24) is 20.1 Å². The summed E-state index contributed by atoms with van der Waals surface area (Å²) < 4.78 is 0. The van der Waals surface area contributed by atoms with E-state index in [2.05, 4.69) is 15.6 Å². The Hall–Kier alpha value is -3.55. The second-order valence-electron chi connectivity index (χ2n) is 8.81. The lowest BCUT2D eigenvalue weighted by molar-refractivity contribution is -0.110. The van der Waals surface area contributed by atoms with E-state index in [9.17, 15) is 14.4 Å². The van der Waals surface area contributed by atoms with Gasteiger partial charge < -0.3 is 25.4 Å². The quantitative estimate of drug-likeness (QED) is 0.647. The maximum absolute atomic E-state index is 13.1. The minimum atomic E-state index is -0.169. The zero-order valence-corrected chi connectivity index (χ0v) is 19.1. The first kappa shape index (κ1) is 21.7. The number of nitrogens with one attached hydrogen (secondary N) is 3. The number of urea groups is 1. The highest BCUT2D eigenvalue weighted by atomic mass is 16.2. The molecular formula is C24H29N5O3. The van der Waals surface area contributed by atoms with Crippen LogP contribution in [0.5, 0.6) is 0 Å². The van der Waals surface area contributed by atoms with Crippen LogP contribution in [0.2, 0.25) is 0 Å². The van der Waals surface area contributed by atoms with E-state index in [1.807, 2.05) is 45.0 Å². The van der Waals surface area contributed by atoms with Crippen molar-refractivity contribution in [2.24, 2.45) is 0 Å². The third kappa shape index (κ3) is 3.88. The Bertz CT molecular complexity index is 1140. The van der Waals surface area contributed by atoms with Gasteiger partial charge in [0.05, 0.1) is 11.1 Å².